The number of alkyl carbamates (subject to hydrolysis) is 1. The first kappa shape index (κ1) is 22.7. The molecule has 0 aromatic rings. The van der Waals surface area contributed by atoms with Gasteiger partial charge >= 0.3 is 18.0 Å². The quantitative estimate of drug-likeness (QED) is 0.307. The highest BCUT2D eigenvalue weighted by Gasteiger charge is 2.25. The van der Waals surface area contributed by atoms with Gasteiger partial charge in [-0.3, -0.25) is 20.3 Å². The molecule has 1 atom stereocenters. The molecule has 0 aliphatic carbocycles. The minimum absolute atomic E-state index is 0.201. The van der Waals surface area contributed by atoms with E-state index < -0.39 is 24.3 Å². The molecule has 0 aromatic carbocycles. The zero-order valence-corrected chi connectivity index (χ0v) is 15.9. The molecule has 0 saturated heterocycles. The SMILES string of the molecule is CC(C)OC(=O)CN(C)C(=N)NC(=O)OC(OC(=O)C(C)C)C(C)C. The van der Waals surface area contributed by atoms with Crippen molar-refractivity contribution in [2.45, 2.75) is 53.9 Å². The first-order chi connectivity index (χ1) is 11.4. The average molecular weight is 359 g/mol. The molecule has 0 heterocycles. The van der Waals surface area contributed by atoms with Crippen LogP contribution in [0.5, 0.6) is 0 Å². The Hall–Kier alpha value is -2.32. The van der Waals surface area contributed by atoms with Crippen molar-refractivity contribution >= 4 is 24.0 Å². The van der Waals surface area contributed by atoms with Gasteiger partial charge in [0.1, 0.15) is 6.54 Å². The molecule has 0 saturated carbocycles. The van der Waals surface area contributed by atoms with E-state index in [9.17, 15) is 14.4 Å². The molecule has 9 heteroatoms. The fourth-order valence-corrected chi connectivity index (χ4v) is 1.45. The van der Waals surface area contributed by atoms with Crippen LogP contribution >= 0.6 is 0 Å². The number of nitrogens with zero attached hydrogens (tertiary/aromatic N) is 1. The highest BCUT2D eigenvalue weighted by Crippen LogP contribution is 2.11. The fraction of sp³-hybridized carbons (Fsp3) is 0.750. The summed E-state index contributed by atoms with van der Waals surface area (Å²) < 4.78 is 15.1. The van der Waals surface area contributed by atoms with Crippen molar-refractivity contribution in [1.82, 2.24) is 10.2 Å². The second-order valence-corrected chi connectivity index (χ2v) is 6.48. The number of rotatable bonds is 7. The Kier molecular flexibility index (Phi) is 9.55. The maximum atomic E-state index is 11.9. The molecule has 0 rings (SSSR count). The van der Waals surface area contributed by atoms with E-state index in [1.165, 1.54) is 11.9 Å². The summed E-state index contributed by atoms with van der Waals surface area (Å²) in [6.45, 7) is 10.0. The predicted octanol–water partition coefficient (Wildman–Crippen LogP) is 1.71. The third-order valence-electron chi connectivity index (χ3n) is 2.81. The van der Waals surface area contributed by atoms with Crippen molar-refractivity contribution in [3.63, 3.8) is 0 Å². The van der Waals surface area contributed by atoms with Crippen LogP contribution in [0, 0.1) is 17.2 Å². The summed E-state index contributed by atoms with van der Waals surface area (Å²) in [4.78, 5) is 36.3. The van der Waals surface area contributed by atoms with Crippen molar-refractivity contribution in [2.24, 2.45) is 11.8 Å². The highest BCUT2D eigenvalue weighted by atomic mass is 16.7. The van der Waals surface area contributed by atoms with Crippen molar-refractivity contribution < 1.29 is 28.6 Å². The molecule has 0 aromatic heterocycles. The predicted molar refractivity (Wildman–Crippen MR) is 90.8 cm³/mol. The van der Waals surface area contributed by atoms with E-state index in [0.29, 0.717) is 0 Å². The first-order valence-corrected chi connectivity index (χ1v) is 8.11. The number of hydrogen-bond donors (Lipinski definition) is 2. The number of esters is 2. The Labute approximate surface area is 148 Å². The van der Waals surface area contributed by atoms with Gasteiger partial charge in [0.05, 0.1) is 12.0 Å². The smallest absolute Gasteiger partial charge is 0.417 e. The standard InChI is InChI=1S/C16H29N3O6/c1-9(2)13(21)24-14(10(3)4)25-16(22)18-15(17)19(7)8-12(20)23-11(5)6/h9-11,14H,8H2,1-7H3,(H2,17,18,22). The van der Waals surface area contributed by atoms with Gasteiger partial charge in [0.2, 0.25) is 5.96 Å². The molecule has 0 spiro atoms. The van der Waals surface area contributed by atoms with E-state index in [0.717, 1.165) is 0 Å². The van der Waals surface area contributed by atoms with Gasteiger partial charge in [-0.25, -0.2) is 4.79 Å². The summed E-state index contributed by atoms with van der Waals surface area (Å²) in [5, 5.41) is 9.94. The Bertz CT molecular complexity index is 490. The van der Waals surface area contributed by atoms with E-state index in [4.69, 9.17) is 19.6 Å². The zero-order chi connectivity index (χ0) is 19.7. The molecule has 9 nitrogen and oxygen atoms in total. The molecule has 1 amide bonds. The van der Waals surface area contributed by atoms with Crippen LogP contribution < -0.4 is 5.32 Å². The molecule has 0 bridgehead atoms. The van der Waals surface area contributed by atoms with Crippen LogP contribution in [0.15, 0.2) is 0 Å². The van der Waals surface area contributed by atoms with E-state index in [1.54, 1.807) is 41.5 Å². The maximum absolute atomic E-state index is 11.9. The minimum Gasteiger partial charge on any atom is -0.462 e. The van der Waals surface area contributed by atoms with Gasteiger partial charge in [-0.15, -0.1) is 0 Å². The van der Waals surface area contributed by atoms with Crippen molar-refractivity contribution in [2.75, 3.05) is 13.6 Å². The molecule has 0 fully saturated rings. The van der Waals surface area contributed by atoms with Crippen LogP contribution in [0.2, 0.25) is 0 Å². The van der Waals surface area contributed by atoms with Crippen LogP contribution in [0.1, 0.15) is 41.5 Å². The molecule has 0 aliphatic rings. The Morgan fingerprint density at radius 3 is 2.00 bits per heavy atom. The lowest BCUT2D eigenvalue weighted by atomic mass is 10.2. The van der Waals surface area contributed by atoms with E-state index >= 15 is 0 Å². The number of guanidine groups is 1. The summed E-state index contributed by atoms with van der Waals surface area (Å²) in [5.41, 5.74) is 0. The van der Waals surface area contributed by atoms with Crippen molar-refractivity contribution in [3.8, 4) is 0 Å². The average Bonchev–Trinajstić information content (AvgIpc) is 2.44. The molecule has 0 radical (unpaired) electrons. The van der Waals surface area contributed by atoms with Gasteiger partial charge in [0, 0.05) is 13.0 Å². The molecule has 144 valence electrons. The first-order valence-electron chi connectivity index (χ1n) is 8.11. The van der Waals surface area contributed by atoms with E-state index in [2.05, 4.69) is 5.32 Å². The van der Waals surface area contributed by atoms with Gasteiger partial charge in [-0.2, -0.15) is 0 Å². The number of carbonyl (C=O) groups is 3. The van der Waals surface area contributed by atoms with Crippen LogP contribution in [0.3, 0.4) is 0 Å². The van der Waals surface area contributed by atoms with Crippen LogP contribution in [0.4, 0.5) is 4.79 Å². The molecule has 1 unspecified atom stereocenters. The van der Waals surface area contributed by atoms with Gasteiger partial charge in [0.15, 0.2) is 0 Å². The lowest BCUT2D eigenvalue weighted by molar-refractivity contribution is -0.178. The number of carbonyl (C=O) groups excluding carboxylic acids is 3. The molecule has 25 heavy (non-hydrogen) atoms. The zero-order valence-electron chi connectivity index (χ0n) is 15.9. The summed E-state index contributed by atoms with van der Waals surface area (Å²) in [6, 6.07) is 0. The van der Waals surface area contributed by atoms with Crippen LogP contribution in [0.25, 0.3) is 0 Å². The summed E-state index contributed by atoms with van der Waals surface area (Å²) >= 11 is 0. The van der Waals surface area contributed by atoms with Gasteiger partial charge in [-0.05, 0) is 13.8 Å². The molecule has 0 aliphatic heterocycles. The minimum atomic E-state index is -1.07. The number of hydrogen-bond acceptors (Lipinski definition) is 7. The Morgan fingerprint density at radius 2 is 1.56 bits per heavy atom. The lowest BCUT2D eigenvalue weighted by Gasteiger charge is -2.24. The van der Waals surface area contributed by atoms with Crippen LogP contribution in [-0.2, 0) is 23.8 Å². The fourth-order valence-electron chi connectivity index (χ4n) is 1.45. The molecule has 2 N–H and O–H groups in total. The van der Waals surface area contributed by atoms with Gasteiger partial charge < -0.3 is 19.1 Å². The third-order valence-corrected chi connectivity index (χ3v) is 2.81. The van der Waals surface area contributed by atoms with Crippen LogP contribution in [-0.4, -0.2) is 54.9 Å². The Morgan fingerprint density at radius 1 is 1.00 bits per heavy atom. The van der Waals surface area contributed by atoms with Gasteiger partial charge in [-0.1, -0.05) is 27.7 Å². The summed E-state index contributed by atoms with van der Waals surface area (Å²) in [6.07, 6.45) is -2.29. The highest BCUT2D eigenvalue weighted by molar-refractivity contribution is 5.93. The topological polar surface area (TPSA) is 118 Å². The molecular weight excluding hydrogens is 330 g/mol. The summed E-state index contributed by atoms with van der Waals surface area (Å²) in [5.74, 6) is -1.98. The lowest BCUT2D eigenvalue weighted by Crippen LogP contribution is -2.45. The van der Waals surface area contributed by atoms with Crippen molar-refractivity contribution in [3.05, 3.63) is 0 Å². The largest absolute Gasteiger partial charge is 0.462 e. The summed E-state index contributed by atoms with van der Waals surface area (Å²) in [7, 11) is 1.45. The second-order valence-electron chi connectivity index (χ2n) is 6.48. The monoisotopic (exact) mass is 359 g/mol. The maximum Gasteiger partial charge on any atom is 0.417 e. The Balaban J connectivity index is 4.56. The van der Waals surface area contributed by atoms with E-state index in [1.807, 2.05) is 0 Å². The number of nitrogens with one attached hydrogen (secondary N) is 2. The normalized spacial score (nSPS) is 11.9. The number of likely N-dealkylation sites (N-methyl/N-ethyl adjacent to an activating group) is 1. The molecular formula is C16H29N3O6. The van der Waals surface area contributed by atoms with Gasteiger partial charge in [0.25, 0.3) is 6.29 Å². The number of ether oxygens (including phenoxy) is 3. The van der Waals surface area contributed by atoms with Crippen molar-refractivity contribution in [1.29, 1.82) is 5.41 Å². The van der Waals surface area contributed by atoms with E-state index in [-0.39, 0.29) is 30.4 Å². The number of amides is 1. The second kappa shape index (κ2) is 10.5. The third kappa shape index (κ3) is 9.53.